The highest BCUT2D eigenvalue weighted by molar-refractivity contribution is 7.11. The van der Waals surface area contributed by atoms with E-state index in [-0.39, 0.29) is 5.91 Å². The lowest BCUT2D eigenvalue weighted by molar-refractivity contribution is -0.120. The second-order valence-electron chi connectivity index (χ2n) is 4.10. The maximum absolute atomic E-state index is 11.8. The molecule has 0 spiro atoms. The molecule has 96 valence electrons. The van der Waals surface area contributed by atoms with Crippen LogP contribution in [0.5, 0.6) is 0 Å². The number of thiazole rings is 1. The molecule has 2 aromatic rings. The molecule has 0 unspecified atom stereocenters. The molecule has 2 rings (SSSR count). The Morgan fingerprint density at radius 1 is 1.44 bits per heavy atom. The summed E-state index contributed by atoms with van der Waals surface area (Å²) in [6, 6.07) is 4.12. The van der Waals surface area contributed by atoms with Crippen LogP contribution in [0.25, 0.3) is 0 Å². The molecule has 0 bridgehead atoms. The first-order valence-corrected chi connectivity index (χ1v) is 7.57. The van der Waals surface area contributed by atoms with Gasteiger partial charge < -0.3 is 5.32 Å². The van der Waals surface area contributed by atoms with E-state index in [2.05, 4.69) is 21.7 Å². The first kappa shape index (κ1) is 13.2. The fourth-order valence-electron chi connectivity index (χ4n) is 1.73. The van der Waals surface area contributed by atoms with E-state index in [1.54, 1.807) is 22.7 Å². The molecule has 1 amide bonds. The molecule has 3 nitrogen and oxygen atoms in total. The van der Waals surface area contributed by atoms with E-state index >= 15 is 0 Å². The summed E-state index contributed by atoms with van der Waals surface area (Å²) >= 11 is 3.33. The predicted molar refractivity (Wildman–Crippen MR) is 76.3 cm³/mol. The van der Waals surface area contributed by atoms with E-state index in [4.69, 9.17) is 0 Å². The lowest BCUT2D eigenvalue weighted by Gasteiger charge is -2.03. The van der Waals surface area contributed by atoms with Crippen molar-refractivity contribution in [3.05, 3.63) is 38.0 Å². The van der Waals surface area contributed by atoms with Crippen molar-refractivity contribution in [2.24, 2.45) is 0 Å². The number of hydrogen-bond donors (Lipinski definition) is 1. The van der Waals surface area contributed by atoms with Gasteiger partial charge in [-0.3, -0.25) is 4.79 Å². The van der Waals surface area contributed by atoms with E-state index in [1.807, 2.05) is 19.9 Å². The number of aromatic nitrogens is 1. The minimum Gasteiger partial charge on any atom is -0.355 e. The van der Waals surface area contributed by atoms with Crippen LogP contribution >= 0.6 is 22.7 Å². The molecule has 5 heteroatoms. The third-order valence-corrected chi connectivity index (χ3v) is 4.60. The van der Waals surface area contributed by atoms with E-state index in [9.17, 15) is 4.79 Å². The Morgan fingerprint density at radius 2 is 2.28 bits per heavy atom. The van der Waals surface area contributed by atoms with Gasteiger partial charge >= 0.3 is 0 Å². The Bertz CT molecular complexity index is 517. The Hall–Kier alpha value is -1.20. The average Bonchev–Trinajstić information content (AvgIpc) is 2.90. The van der Waals surface area contributed by atoms with Crippen LogP contribution in [0.1, 0.15) is 20.5 Å². The van der Waals surface area contributed by atoms with Gasteiger partial charge in [-0.05, 0) is 31.7 Å². The normalized spacial score (nSPS) is 10.6. The van der Waals surface area contributed by atoms with Crippen molar-refractivity contribution < 1.29 is 4.79 Å². The monoisotopic (exact) mass is 280 g/mol. The molecule has 0 radical (unpaired) electrons. The molecule has 2 heterocycles. The summed E-state index contributed by atoms with van der Waals surface area (Å²) in [5.41, 5.74) is 0.978. The Balaban J connectivity index is 1.77. The fourth-order valence-corrected chi connectivity index (χ4v) is 3.37. The Kier molecular flexibility index (Phi) is 4.49. The van der Waals surface area contributed by atoms with Gasteiger partial charge in [0.1, 0.15) is 0 Å². The first-order valence-electron chi connectivity index (χ1n) is 5.87. The lowest BCUT2D eigenvalue weighted by atomic mass is 10.3. The number of carbonyl (C=O) groups excluding carboxylic acids is 1. The van der Waals surface area contributed by atoms with Gasteiger partial charge in [-0.2, -0.15) is 0 Å². The zero-order valence-electron chi connectivity index (χ0n) is 10.5. The first-order chi connectivity index (χ1) is 8.65. The van der Waals surface area contributed by atoms with Gasteiger partial charge in [-0.1, -0.05) is 6.07 Å². The van der Waals surface area contributed by atoms with Crippen molar-refractivity contribution in [1.29, 1.82) is 0 Å². The fraction of sp³-hybridized carbons (Fsp3) is 0.385. The third-order valence-electron chi connectivity index (χ3n) is 2.59. The van der Waals surface area contributed by atoms with Crippen LogP contribution in [0.3, 0.4) is 0 Å². The summed E-state index contributed by atoms with van der Waals surface area (Å²) in [6.07, 6.45) is 1.35. The molecule has 0 saturated heterocycles. The van der Waals surface area contributed by atoms with Crippen LogP contribution in [-0.4, -0.2) is 17.4 Å². The van der Waals surface area contributed by atoms with Crippen LogP contribution in [0.15, 0.2) is 17.5 Å². The number of carbonyl (C=O) groups is 1. The second kappa shape index (κ2) is 6.11. The topological polar surface area (TPSA) is 42.0 Å². The van der Waals surface area contributed by atoms with Crippen LogP contribution < -0.4 is 5.32 Å². The SMILES string of the molecule is Cc1nc(C)c(CC(=O)NCCc2cccs2)s1. The highest BCUT2D eigenvalue weighted by Crippen LogP contribution is 2.17. The van der Waals surface area contributed by atoms with Gasteiger partial charge in [0.15, 0.2) is 0 Å². The van der Waals surface area contributed by atoms with Crippen LogP contribution in [0.4, 0.5) is 0 Å². The van der Waals surface area contributed by atoms with Gasteiger partial charge in [0.25, 0.3) is 0 Å². The molecule has 0 aliphatic heterocycles. The average molecular weight is 280 g/mol. The summed E-state index contributed by atoms with van der Waals surface area (Å²) in [5.74, 6) is 0.0818. The Morgan fingerprint density at radius 3 is 2.89 bits per heavy atom. The van der Waals surface area contributed by atoms with E-state index < -0.39 is 0 Å². The van der Waals surface area contributed by atoms with Crippen molar-refractivity contribution in [2.75, 3.05) is 6.54 Å². The van der Waals surface area contributed by atoms with Gasteiger partial charge in [-0.15, -0.1) is 22.7 Å². The van der Waals surface area contributed by atoms with E-state index in [1.165, 1.54) is 4.88 Å². The standard InChI is InChI=1S/C13H16N2OS2/c1-9-12(18-10(2)15-9)8-13(16)14-6-5-11-4-3-7-17-11/h3-4,7H,5-6,8H2,1-2H3,(H,14,16). The van der Waals surface area contributed by atoms with Crippen molar-refractivity contribution in [1.82, 2.24) is 10.3 Å². The summed E-state index contributed by atoms with van der Waals surface area (Å²) in [6.45, 7) is 4.63. The molecule has 0 aromatic carbocycles. The van der Waals surface area contributed by atoms with Crippen LogP contribution in [0, 0.1) is 13.8 Å². The molecule has 1 N–H and O–H groups in total. The third kappa shape index (κ3) is 3.65. The highest BCUT2D eigenvalue weighted by Gasteiger charge is 2.09. The number of aryl methyl sites for hydroxylation is 2. The molecule has 18 heavy (non-hydrogen) atoms. The lowest BCUT2D eigenvalue weighted by Crippen LogP contribution is -2.27. The van der Waals surface area contributed by atoms with Crippen molar-refractivity contribution in [3.8, 4) is 0 Å². The number of nitrogens with one attached hydrogen (secondary N) is 1. The van der Waals surface area contributed by atoms with Crippen molar-refractivity contribution >= 4 is 28.6 Å². The molecule has 0 aliphatic carbocycles. The van der Waals surface area contributed by atoms with Crippen molar-refractivity contribution in [2.45, 2.75) is 26.7 Å². The maximum Gasteiger partial charge on any atom is 0.225 e. The van der Waals surface area contributed by atoms with Gasteiger partial charge in [0.2, 0.25) is 5.91 Å². The Labute approximate surface area is 115 Å². The molecular weight excluding hydrogens is 264 g/mol. The summed E-state index contributed by atoms with van der Waals surface area (Å²) in [5, 5.41) is 6.03. The van der Waals surface area contributed by atoms with Gasteiger partial charge in [0.05, 0.1) is 17.1 Å². The van der Waals surface area contributed by atoms with Crippen molar-refractivity contribution in [3.63, 3.8) is 0 Å². The zero-order valence-corrected chi connectivity index (χ0v) is 12.2. The molecule has 0 fully saturated rings. The zero-order chi connectivity index (χ0) is 13.0. The van der Waals surface area contributed by atoms with Crippen LogP contribution in [-0.2, 0) is 17.6 Å². The van der Waals surface area contributed by atoms with E-state index in [0.29, 0.717) is 13.0 Å². The molecule has 0 saturated carbocycles. The smallest absolute Gasteiger partial charge is 0.225 e. The van der Waals surface area contributed by atoms with Gasteiger partial charge in [0, 0.05) is 16.3 Å². The maximum atomic E-state index is 11.8. The molecule has 0 atom stereocenters. The number of hydrogen-bond acceptors (Lipinski definition) is 4. The van der Waals surface area contributed by atoms with Gasteiger partial charge in [-0.25, -0.2) is 4.98 Å². The molecule has 0 aliphatic rings. The minimum absolute atomic E-state index is 0.0818. The highest BCUT2D eigenvalue weighted by atomic mass is 32.1. The number of rotatable bonds is 5. The van der Waals surface area contributed by atoms with Crippen LogP contribution in [0.2, 0.25) is 0 Å². The number of amides is 1. The molecular formula is C13H16N2OS2. The molecule has 2 aromatic heterocycles. The summed E-state index contributed by atoms with van der Waals surface area (Å²) < 4.78 is 0. The number of nitrogens with zero attached hydrogens (tertiary/aromatic N) is 1. The number of thiophene rings is 1. The second-order valence-corrected chi connectivity index (χ2v) is 6.42. The summed E-state index contributed by atoms with van der Waals surface area (Å²) in [7, 11) is 0. The quantitative estimate of drug-likeness (QED) is 0.915. The largest absolute Gasteiger partial charge is 0.355 e. The minimum atomic E-state index is 0.0818. The predicted octanol–water partition coefficient (Wildman–Crippen LogP) is 2.72. The van der Waals surface area contributed by atoms with E-state index in [0.717, 1.165) is 22.0 Å². The summed E-state index contributed by atoms with van der Waals surface area (Å²) in [4.78, 5) is 18.5.